The number of para-hydroxylation sites is 1. The van der Waals surface area contributed by atoms with Crippen molar-refractivity contribution in [3.63, 3.8) is 0 Å². The minimum Gasteiger partial charge on any atom is -0.497 e. The Bertz CT molecular complexity index is 1460. The van der Waals surface area contributed by atoms with Crippen LogP contribution in [0.3, 0.4) is 0 Å². The van der Waals surface area contributed by atoms with Crippen molar-refractivity contribution in [2.75, 3.05) is 13.7 Å². The first-order valence-electron chi connectivity index (χ1n) is 11.6. The van der Waals surface area contributed by atoms with Gasteiger partial charge in [0.05, 0.1) is 24.4 Å². The predicted octanol–water partition coefficient (Wildman–Crippen LogP) is 4.70. The third kappa shape index (κ3) is 4.63. The topological polar surface area (TPSA) is 94.2 Å². The largest absolute Gasteiger partial charge is 0.497 e. The number of methoxy groups -OCH3 is 1. The van der Waals surface area contributed by atoms with Crippen LogP contribution in [0, 0.1) is 0 Å². The molecule has 36 heavy (non-hydrogen) atoms. The Morgan fingerprint density at radius 2 is 1.67 bits per heavy atom. The van der Waals surface area contributed by atoms with Crippen molar-refractivity contribution in [1.29, 1.82) is 0 Å². The second-order valence-corrected chi connectivity index (χ2v) is 8.49. The van der Waals surface area contributed by atoms with Gasteiger partial charge in [-0.05, 0) is 52.2 Å². The highest BCUT2D eigenvalue weighted by Crippen LogP contribution is 2.34. The van der Waals surface area contributed by atoms with Crippen molar-refractivity contribution < 1.29 is 19.1 Å². The molecule has 0 unspecified atom stereocenters. The summed E-state index contributed by atoms with van der Waals surface area (Å²) >= 11 is 0. The van der Waals surface area contributed by atoms with Gasteiger partial charge in [-0.3, -0.25) is 9.59 Å². The Morgan fingerprint density at radius 3 is 2.42 bits per heavy atom. The fourth-order valence-electron chi connectivity index (χ4n) is 4.37. The predicted molar refractivity (Wildman–Crippen MR) is 138 cm³/mol. The van der Waals surface area contributed by atoms with Gasteiger partial charge in [0.25, 0.3) is 11.8 Å². The molecule has 1 aliphatic rings. The lowest BCUT2D eigenvalue weighted by molar-refractivity contribution is -0.135. The normalized spacial score (nSPS) is 15.0. The number of nitrogens with two attached hydrogens (primary N) is 1. The third-order valence-electron chi connectivity index (χ3n) is 6.25. The van der Waals surface area contributed by atoms with Crippen LogP contribution in [0.4, 0.5) is 0 Å². The molecule has 5 rings (SSSR count). The molecule has 0 fully saturated rings. The molecule has 4 aromatic rings. The molecule has 0 saturated carbocycles. The molecule has 1 atom stereocenters. The zero-order valence-corrected chi connectivity index (χ0v) is 19.8. The lowest BCUT2D eigenvalue weighted by Crippen LogP contribution is -2.31. The first-order chi connectivity index (χ1) is 17.5. The molecule has 2 N–H and O–H groups in total. The summed E-state index contributed by atoms with van der Waals surface area (Å²) in [7, 11) is 1.61. The molecule has 7 nitrogen and oxygen atoms in total. The average Bonchev–Trinajstić information content (AvgIpc) is 3.37. The van der Waals surface area contributed by atoms with Gasteiger partial charge in [0.2, 0.25) is 0 Å². The Morgan fingerprint density at radius 1 is 0.944 bits per heavy atom. The molecule has 2 amide bonds. The van der Waals surface area contributed by atoms with Crippen molar-refractivity contribution in [3.05, 3.63) is 108 Å². The van der Waals surface area contributed by atoms with Crippen molar-refractivity contribution in [2.24, 2.45) is 10.8 Å². The number of primary amides is 1. The Hall–Kier alpha value is -4.65. The van der Waals surface area contributed by atoms with E-state index < -0.39 is 5.91 Å². The molecular weight excluding hydrogens is 454 g/mol. The SMILES string of the molecule is COc1ccc([C@@H]2CC(c3ccc4ccccc4c3)=NN2C(=O)COc2ccccc2C(N)=O)cc1. The lowest BCUT2D eigenvalue weighted by atomic mass is 9.97. The zero-order valence-electron chi connectivity index (χ0n) is 19.8. The number of fused-ring (bicyclic) bond motifs is 1. The van der Waals surface area contributed by atoms with E-state index in [4.69, 9.17) is 20.3 Å². The van der Waals surface area contributed by atoms with Crippen molar-refractivity contribution in [3.8, 4) is 11.5 Å². The van der Waals surface area contributed by atoms with E-state index in [2.05, 4.69) is 24.3 Å². The average molecular weight is 480 g/mol. The summed E-state index contributed by atoms with van der Waals surface area (Å²) in [5.74, 6) is 0.0480. The summed E-state index contributed by atoms with van der Waals surface area (Å²) in [5.41, 5.74) is 8.37. The van der Waals surface area contributed by atoms with E-state index in [1.165, 1.54) is 5.01 Å². The third-order valence-corrected chi connectivity index (χ3v) is 6.25. The first kappa shape index (κ1) is 23.1. The summed E-state index contributed by atoms with van der Waals surface area (Å²) in [6.07, 6.45) is 0.550. The highest BCUT2D eigenvalue weighted by Gasteiger charge is 2.33. The Kier molecular flexibility index (Phi) is 6.36. The van der Waals surface area contributed by atoms with E-state index >= 15 is 0 Å². The van der Waals surface area contributed by atoms with Crippen LogP contribution in [-0.2, 0) is 4.79 Å². The van der Waals surface area contributed by atoms with Crippen LogP contribution in [0.15, 0.2) is 96.1 Å². The van der Waals surface area contributed by atoms with Gasteiger partial charge in [0.15, 0.2) is 6.61 Å². The van der Waals surface area contributed by atoms with Crippen molar-refractivity contribution >= 4 is 28.3 Å². The summed E-state index contributed by atoms with van der Waals surface area (Å²) < 4.78 is 11.0. The molecule has 0 saturated heterocycles. The molecule has 4 aromatic carbocycles. The molecule has 0 spiro atoms. The van der Waals surface area contributed by atoms with E-state index in [-0.39, 0.29) is 29.9 Å². The number of hydrogen-bond donors (Lipinski definition) is 1. The maximum atomic E-state index is 13.3. The zero-order chi connectivity index (χ0) is 25.1. The number of ether oxygens (including phenoxy) is 2. The van der Waals surface area contributed by atoms with Gasteiger partial charge in [-0.15, -0.1) is 0 Å². The number of rotatable bonds is 7. The van der Waals surface area contributed by atoms with E-state index in [0.29, 0.717) is 6.42 Å². The molecule has 0 aromatic heterocycles. The molecule has 1 aliphatic heterocycles. The summed E-state index contributed by atoms with van der Waals surface area (Å²) in [4.78, 5) is 25.1. The van der Waals surface area contributed by atoms with Crippen molar-refractivity contribution in [1.82, 2.24) is 5.01 Å². The Labute approximate surface area is 208 Å². The minimum atomic E-state index is -0.619. The van der Waals surface area contributed by atoms with Crippen LogP contribution in [0.1, 0.15) is 33.9 Å². The van der Waals surface area contributed by atoms with E-state index in [1.54, 1.807) is 31.4 Å². The maximum absolute atomic E-state index is 13.3. The minimum absolute atomic E-state index is 0.221. The molecular formula is C29H25N3O4. The van der Waals surface area contributed by atoms with Gasteiger partial charge in [0.1, 0.15) is 11.5 Å². The number of carbonyl (C=O) groups is 2. The monoisotopic (exact) mass is 479 g/mol. The molecule has 0 bridgehead atoms. The van der Waals surface area contributed by atoms with Gasteiger partial charge < -0.3 is 15.2 Å². The van der Waals surface area contributed by atoms with Gasteiger partial charge in [-0.2, -0.15) is 5.10 Å². The highest BCUT2D eigenvalue weighted by atomic mass is 16.5. The number of hydrazone groups is 1. The molecule has 7 heteroatoms. The lowest BCUT2D eigenvalue weighted by Gasteiger charge is -2.22. The standard InChI is InChI=1S/C29H25N3O4/c1-35-23-14-12-20(13-15-23)26-17-25(22-11-10-19-6-2-3-7-21(19)16-22)31-32(26)28(33)18-36-27-9-5-4-8-24(27)29(30)34/h2-16,26H,17-18H2,1H3,(H2,30,34)/t26-/m0/s1. The quantitative estimate of drug-likeness (QED) is 0.416. The van der Waals surface area contributed by atoms with Crippen LogP contribution >= 0.6 is 0 Å². The molecule has 0 radical (unpaired) electrons. The molecule has 0 aliphatic carbocycles. The van der Waals surface area contributed by atoms with E-state index in [1.807, 2.05) is 42.5 Å². The molecule has 180 valence electrons. The first-order valence-corrected chi connectivity index (χ1v) is 11.6. The molecule has 1 heterocycles. The van der Waals surface area contributed by atoms with Gasteiger partial charge in [-0.1, -0.05) is 60.7 Å². The van der Waals surface area contributed by atoms with Crippen LogP contribution in [0.2, 0.25) is 0 Å². The Balaban J connectivity index is 1.44. The summed E-state index contributed by atoms with van der Waals surface area (Å²) in [6, 6.07) is 28.2. The number of benzene rings is 4. The van der Waals surface area contributed by atoms with Gasteiger partial charge in [-0.25, -0.2) is 5.01 Å². The number of hydrogen-bond acceptors (Lipinski definition) is 5. The van der Waals surface area contributed by atoms with Crippen LogP contribution in [0.5, 0.6) is 11.5 Å². The summed E-state index contributed by atoms with van der Waals surface area (Å²) in [6.45, 7) is -0.286. The van der Waals surface area contributed by atoms with Gasteiger partial charge in [0, 0.05) is 6.42 Å². The second kappa shape index (κ2) is 9.92. The fourth-order valence-corrected chi connectivity index (χ4v) is 4.37. The van der Waals surface area contributed by atoms with E-state index in [0.717, 1.165) is 33.4 Å². The second-order valence-electron chi connectivity index (χ2n) is 8.49. The smallest absolute Gasteiger partial charge is 0.281 e. The van der Waals surface area contributed by atoms with Crippen molar-refractivity contribution in [2.45, 2.75) is 12.5 Å². The van der Waals surface area contributed by atoms with Crippen LogP contribution < -0.4 is 15.2 Å². The number of amides is 2. The van der Waals surface area contributed by atoms with E-state index in [9.17, 15) is 9.59 Å². The van der Waals surface area contributed by atoms with Gasteiger partial charge >= 0.3 is 0 Å². The summed E-state index contributed by atoms with van der Waals surface area (Å²) in [5, 5.41) is 8.45. The highest BCUT2D eigenvalue weighted by molar-refractivity contribution is 6.05. The number of nitrogens with zero attached hydrogens (tertiary/aromatic N) is 2. The van der Waals surface area contributed by atoms with Crippen LogP contribution in [0.25, 0.3) is 10.8 Å². The number of carbonyl (C=O) groups excluding carboxylic acids is 2. The maximum Gasteiger partial charge on any atom is 0.281 e. The van der Waals surface area contributed by atoms with Crippen LogP contribution in [-0.4, -0.2) is 36.3 Å². The fraction of sp³-hybridized carbons (Fsp3) is 0.138.